The maximum Gasteiger partial charge on any atom is 0.201 e. The summed E-state index contributed by atoms with van der Waals surface area (Å²) in [5, 5.41) is 0. The summed E-state index contributed by atoms with van der Waals surface area (Å²) < 4.78 is 0. The lowest BCUT2D eigenvalue weighted by molar-refractivity contribution is -0.145. The van der Waals surface area contributed by atoms with Crippen LogP contribution >= 0.6 is 0 Å². The van der Waals surface area contributed by atoms with Gasteiger partial charge in [-0.15, -0.1) is 0 Å². The first-order valence-electron chi connectivity index (χ1n) is 6.17. The Bertz CT molecular complexity index is 427. The summed E-state index contributed by atoms with van der Waals surface area (Å²) in [6.45, 7) is 7.64. The molecule has 0 aliphatic heterocycles. The summed E-state index contributed by atoms with van der Waals surface area (Å²) in [5.74, 6) is -0.808. The van der Waals surface area contributed by atoms with Gasteiger partial charge in [0.2, 0.25) is 5.78 Å². The van der Waals surface area contributed by atoms with Crippen molar-refractivity contribution >= 4 is 17.9 Å². The minimum absolute atomic E-state index is 0.0257. The first-order valence-corrected chi connectivity index (χ1v) is 6.17. The van der Waals surface area contributed by atoms with Gasteiger partial charge in [0.05, 0.1) is 0 Å². The Hall–Kier alpha value is -1.51. The van der Waals surface area contributed by atoms with Crippen molar-refractivity contribution in [2.45, 2.75) is 34.1 Å². The summed E-state index contributed by atoms with van der Waals surface area (Å²) >= 11 is 0. The van der Waals surface area contributed by atoms with Gasteiger partial charge < -0.3 is 0 Å². The normalized spacial score (nSPS) is 28.8. The van der Waals surface area contributed by atoms with E-state index in [1.807, 2.05) is 32.9 Å². The van der Waals surface area contributed by atoms with Crippen LogP contribution in [0.2, 0.25) is 0 Å². The van der Waals surface area contributed by atoms with E-state index in [1.165, 1.54) is 6.08 Å². The Kier molecular flexibility index (Phi) is 4.38. The molecule has 0 aromatic rings. The van der Waals surface area contributed by atoms with Gasteiger partial charge in [0, 0.05) is 12.3 Å². The molecule has 0 aromatic heterocycles. The van der Waals surface area contributed by atoms with Crippen LogP contribution in [0, 0.1) is 17.3 Å². The fourth-order valence-corrected chi connectivity index (χ4v) is 2.56. The van der Waals surface area contributed by atoms with E-state index in [1.54, 1.807) is 6.92 Å². The molecule has 0 saturated heterocycles. The standard InChI is InChI=1S/C15H20O3/c1-10(7-8-16)5-6-12-11(2)14(18)13(17)9-15(12,3)4/h5-8,11-12H,9H2,1-4H3. The van der Waals surface area contributed by atoms with Gasteiger partial charge in [0.1, 0.15) is 6.29 Å². The van der Waals surface area contributed by atoms with Crippen LogP contribution in [0.25, 0.3) is 0 Å². The third-order valence-corrected chi connectivity index (χ3v) is 3.64. The number of ketones is 2. The molecule has 1 aliphatic rings. The number of rotatable bonds is 3. The van der Waals surface area contributed by atoms with Crippen LogP contribution in [0.1, 0.15) is 34.1 Å². The highest BCUT2D eigenvalue weighted by Gasteiger charge is 2.44. The molecule has 0 amide bonds. The van der Waals surface area contributed by atoms with Gasteiger partial charge >= 0.3 is 0 Å². The molecular weight excluding hydrogens is 228 g/mol. The molecule has 0 heterocycles. The van der Waals surface area contributed by atoms with Crippen molar-refractivity contribution < 1.29 is 14.4 Å². The Morgan fingerprint density at radius 3 is 2.50 bits per heavy atom. The lowest BCUT2D eigenvalue weighted by atomic mass is 9.63. The van der Waals surface area contributed by atoms with E-state index in [0.29, 0.717) is 6.42 Å². The van der Waals surface area contributed by atoms with Gasteiger partial charge in [0.25, 0.3) is 0 Å². The van der Waals surface area contributed by atoms with Crippen LogP contribution < -0.4 is 0 Å². The molecule has 3 nitrogen and oxygen atoms in total. The van der Waals surface area contributed by atoms with E-state index in [-0.39, 0.29) is 28.8 Å². The molecule has 2 unspecified atom stereocenters. The number of Topliss-reactive ketones (excluding diaryl/α,β-unsaturated/α-hetero) is 2. The van der Waals surface area contributed by atoms with Crippen LogP contribution in [0.4, 0.5) is 0 Å². The predicted octanol–water partition coefficient (Wildman–Crippen LogP) is 2.51. The quantitative estimate of drug-likeness (QED) is 0.334. The molecule has 18 heavy (non-hydrogen) atoms. The molecule has 1 rings (SSSR count). The zero-order valence-corrected chi connectivity index (χ0v) is 11.4. The fourth-order valence-electron chi connectivity index (χ4n) is 2.56. The zero-order chi connectivity index (χ0) is 13.9. The molecule has 2 atom stereocenters. The van der Waals surface area contributed by atoms with Crippen LogP contribution in [0.5, 0.6) is 0 Å². The van der Waals surface area contributed by atoms with E-state index >= 15 is 0 Å². The van der Waals surface area contributed by atoms with Gasteiger partial charge in [-0.3, -0.25) is 14.4 Å². The van der Waals surface area contributed by atoms with Crippen molar-refractivity contribution in [2.75, 3.05) is 0 Å². The van der Waals surface area contributed by atoms with Gasteiger partial charge in [0.15, 0.2) is 5.78 Å². The fraction of sp³-hybridized carbons (Fsp3) is 0.533. The van der Waals surface area contributed by atoms with Crippen molar-refractivity contribution in [3.63, 3.8) is 0 Å². The smallest absolute Gasteiger partial charge is 0.201 e. The van der Waals surface area contributed by atoms with E-state index in [0.717, 1.165) is 11.9 Å². The summed E-state index contributed by atoms with van der Waals surface area (Å²) in [7, 11) is 0. The van der Waals surface area contributed by atoms with Crippen molar-refractivity contribution in [2.24, 2.45) is 17.3 Å². The molecule has 1 saturated carbocycles. The Balaban J connectivity index is 2.98. The molecule has 98 valence electrons. The minimum atomic E-state index is -0.290. The molecule has 0 aromatic carbocycles. The third-order valence-electron chi connectivity index (χ3n) is 3.64. The Morgan fingerprint density at radius 1 is 1.33 bits per heavy atom. The highest BCUT2D eigenvalue weighted by Crippen LogP contribution is 2.41. The first-order chi connectivity index (χ1) is 8.29. The van der Waals surface area contributed by atoms with Crippen molar-refractivity contribution in [3.05, 3.63) is 23.8 Å². The number of hydrogen-bond donors (Lipinski definition) is 0. The second kappa shape index (κ2) is 5.42. The molecule has 0 N–H and O–H groups in total. The maximum atomic E-state index is 11.7. The highest BCUT2D eigenvalue weighted by molar-refractivity contribution is 6.38. The first kappa shape index (κ1) is 14.6. The second-order valence-electron chi connectivity index (χ2n) is 5.67. The zero-order valence-electron chi connectivity index (χ0n) is 11.4. The maximum absolute atomic E-state index is 11.7. The molecule has 3 heteroatoms. The molecular formula is C15H20O3. The second-order valence-corrected chi connectivity index (χ2v) is 5.67. The van der Waals surface area contributed by atoms with Gasteiger partial charge in [-0.1, -0.05) is 32.9 Å². The Morgan fingerprint density at radius 2 is 1.94 bits per heavy atom. The van der Waals surface area contributed by atoms with Gasteiger partial charge in [-0.2, -0.15) is 0 Å². The average molecular weight is 248 g/mol. The summed E-state index contributed by atoms with van der Waals surface area (Å²) in [5.41, 5.74) is 0.625. The number of carbonyl (C=O) groups is 3. The van der Waals surface area contributed by atoms with Crippen LogP contribution in [0.15, 0.2) is 23.8 Å². The summed E-state index contributed by atoms with van der Waals surface area (Å²) in [4.78, 5) is 33.7. The molecule has 1 fully saturated rings. The van der Waals surface area contributed by atoms with Crippen LogP contribution in [-0.2, 0) is 14.4 Å². The number of aldehydes is 1. The van der Waals surface area contributed by atoms with E-state index in [4.69, 9.17) is 0 Å². The molecule has 0 radical (unpaired) electrons. The minimum Gasteiger partial charge on any atom is -0.299 e. The van der Waals surface area contributed by atoms with Gasteiger partial charge in [-0.25, -0.2) is 0 Å². The number of allylic oxidation sites excluding steroid dienone is 4. The molecule has 1 aliphatic carbocycles. The lowest BCUT2D eigenvalue weighted by Gasteiger charge is -2.39. The van der Waals surface area contributed by atoms with E-state index < -0.39 is 0 Å². The Labute approximate surface area is 108 Å². The van der Waals surface area contributed by atoms with Crippen molar-refractivity contribution in [3.8, 4) is 0 Å². The molecule has 0 spiro atoms. The third kappa shape index (κ3) is 3.03. The van der Waals surface area contributed by atoms with Crippen molar-refractivity contribution in [1.82, 2.24) is 0 Å². The summed E-state index contributed by atoms with van der Waals surface area (Å²) in [6.07, 6.45) is 6.31. The van der Waals surface area contributed by atoms with Crippen LogP contribution in [0.3, 0.4) is 0 Å². The molecule has 0 bridgehead atoms. The van der Waals surface area contributed by atoms with Gasteiger partial charge in [-0.05, 0) is 29.9 Å². The number of carbonyl (C=O) groups excluding carboxylic acids is 3. The SMILES string of the molecule is CC(C=CC1C(C)C(=O)C(=O)CC1(C)C)=CC=O. The van der Waals surface area contributed by atoms with Crippen molar-refractivity contribution in [1.29, 1.82) is 0 Å². The topological polar surface area (TPSA) is 51.2 Å². The largest absolute Gasteiger partial charge is 0.299 e. The van der Waals surface area contributed by atoms with E-state index in [9.17, 15) is 14.4 Å². The lowest BCUT2D eigenvalue weighted by Crippen LogP contribution is -2.43. The predicted molar refractivity (Wildman–Crippen MR) is 70.0 cm³/mol. The van der Waals surface area contributed by atoms with Crippen LogP contribution in [-0.4, -0.2) is 17.9 Å². The summed E-state index contributed by atoms with van der Waals surface area (Å²) in [6, 6.07) is 0. The monoisotopic (exact) mass is 248 g/mol. The average Bonchev–Trinajstić information content (AvgIpc) is 2.25. The van der Waals surface area contributed by atoms with E-state index in [2.05, 4.69) is 0 Å². The highest BCUT2D eigenvalue weighted by atomic mass is 16.2. The number of hydrogen-bond acceptors (Lipinski definition) is 3.